The minimum Gasteiger partial charge on any atom is -0.302 e. The van der Waals surface area contributed by atoms with Gasteiger partial charge in [0.2, 0.25) is 0 Å². The molecule has 0 fully saturated rings. The van der Waals surface area contributed by atoms with E-state index in [4.69, 9.17) is 5.26 Å². The maximum absolute atomic E-state index is 8.44. The lowest BCUT2D eigenvalue weighted by Crippen LogP contribution is -2.19. The highest BCUT2D eigenvalue weighted by Crippen LogP contribution is 2.09. The first-order chi connectivity index (χ1) is 7.24. The number of hydrogen-bond donors (Lipinski definition) is 0. The van der Waals surface area contributed by atoms with Crippen molar-refractivity contribution in [1.82, 2.24) is 4.90 Å². The van der Waals surface area contributed by atoms with Crippen LogP contribution < -0.4 is 0 Å². The summed E-state index contributed by atoms with van der Waals surface area (Å²) in [4.78, 5) is 2.26. The molecule has 0 unspecified atom stereocenters. The second-order valence-corrected chi connectivity index (χ2v) is 3.93. The molecule has 0 aliphatic heterocycles. The molecular formula is C13H18N2. The molecule has 0 spiro atoms. The summed E-state index contributed by atoms with van der Waals surface area (Å²) in [6.07, 6.45) is 1.61. The molecule has 0 radical (unpaired) electrons. The van der Waals surface area contributed by atoms with Crippen LogP contribution in [0, 0.1) is 18.3 Å². The van der Waals surface area contributed by atoms with Crippen LogP contribution in [0.15, 0.2) is 24.3 Å². The minimum atomic E-state index is 0.651. The zero-order chi connectivity index (χ0) is 11.1. The fourth-order valence-corrected chi connectivity index (χ4v) is 1.59. The Kier molecular flexibility index (Phi) is 4.86. The van der Waals surface area contributed by atoms with Gasteiger partial charge in [-0.05, 0) is 38.1 Å². The number of hydrogen-bond acceptors (Lipinski definition) is 2. The van der Waals surface area contributed by atoms with E-state index in [2.05, 4.69) is 49.2 Å². The van der Waals surface area contributed by atoms with Crippen molar-refractivity contribution in [2.75, 3.05) is 13.6 Å². The summed E-state index contributed by atoms with van der Waals surface area (Å²) < 4.78 is 0. The molecule has 0 aromatic heterocycles. The lowest BCUT2D eigenvalue weighted by Gasteiger charge is -2.17. The molecule has 0 bridgehead atoms. The van der Waals surface area contributed by atoms with Gasteiger partial charge in [-0.1, -0.05) is 24.3 Å². The van der Waals surface area contributed by atoms with Crippen LogP contribution in [0.1, 0.15) is 24.0 Å². The van der Waals surface area contributed by atoms with Gasteiger partial charge in [0.15, 0.2) is 0 Å². The van der Waals surface area contributed by atoms with Crippen molar-refractivity contribution in [1.29, 1.82) is 5.26 Å². The second-order valence-electron chi connectivity index (χ2n) is 3.93. The minimum absolute atomic E-state index is 0.651. The number of unbranched alkanes of at least 4 members (excludes halogenated alkanes) is 1. The van der Waals surface area contributed by atoms with Crippen molar-refractivity contribution in [3.8, 4) is 6.07 Å². The van der Waals surface area contributed by atoms with Crippen molar-refractivity contribution in [2.45, 2.75) is 26.3 Å². The van der Waals surface area contributed by atoms with Gasteiger partial charge in [-0.15, -0.1) is 0 Å². The van der Waals surface area contributed by atoms with Gasteiger partial charge in [-0.3, -0.25) is 0 Å². The number of nitrogens with zero attached hydrogens (tertiary/aromatic N) is 2. The van der Waals surface area contributed by atoms with Crippen LogP contribution >= 0.6 is 0 Å². The van der Waals surface area contributed by atoms with Crippen molar-refractivity contribution in [3.05, 3.63) is 35.4 Å². The Labute approximate surface area is 92.1 Å². The molecule has 80 valence electrons. The highest BCUT2D eigenvalue weighted by molar-refractivity contribution is 5.25. The molecule has 0 saturated carbocycles. The molecular weight excluding hydrogens is 184 g/mol. The van der Waals surface area contributed by atoms with Crippen LogP contribution in [0.4, 0.5) is 0 Å². The van der Waals surface area contributed by atoms with Gasteiger partial charge in [0, 0.05) is 13.0 Å². The van der Waals surface area contributed by atoms with Crippen LogP contribution in [0.5, 0.6) is 0 Å². The molecule has 2 heteroatoms. The highest BCUT2D eigenvalue weighted by atomic mass is 15.1. The Balaban J connectivity index is 2.41. The molecule has 0 amide bonds. The Morgan fingerprint density at radius 2 is 2.07 bits per heavy atom. The zero-order valence-electron chi connectivity index (χ0n) is 9.53. The topological polar surface area (TPSA) is 27.0 Å². The Morgan fingerprint density at radius 1 is 1.33 bits per heavy atom. The maximum atomic E-state index is 8.44. The van der Waals surface area contributed by atoms with E-state index >= 15 is 0 Å². The number of benzene rings is 1. The predicted octanol–water partition coefficient (Wildman–Crippen LogP) is 2.73. The van der Waals surface area contributed by atoms with E-state index in [1.54, 1.807) is 0 Å². The van der Waals surface area contributed by atoms with Crippen LogP contribution in [-0.4, -0.2) is 18.5 Å². The van der Waals surface area contributed by atoms with Crippen LogP contribution in [-0.2, 0) is 6.54 Å². The summed E-state index contributed by atoms with van der Waals surface area (Å²) in [5.41, 5.74) is 2.71. The van der Waals surface area contributed by atoms with E-state index in [1.165, 1.54) is 11.1 Å². The fourth-order valence-electron chi connectivity index (χ4n) is 1.59. The Bertz CT molecular complexity index is 339. The third-order valence-electron chi connectivity index (χ3n) is 2.53. The predicted molar refractivity (Wildman–Crippen MR) is 62.4 cm³/mol. The lowest BCUT2D eigenvalue weighted by atomic mass is 10.1. The largest absolute Gasteiger partial charge is 0.302 e. The molecule has 0 saturated heterocycles. The van der Waals surface area contributed by atoms with Gasteiger partial charge in [0.25, 0.3) is 0 Å². The van der Waals surface area contributed by atoms with Crippen molar-refractivity contribution in [2.24, 2.45) is 0 Å². The fraction of sp³-hybridized carbons (Fsp3) is 0.462. The normalized spacial score (nSPS) is 10.3. The summed E-state index contributed by atoms with van der Waals surface area (Å²) in [6.45, 7) is 4.10. The molecule has 1 aromatic rings. The van der Waals surface area contributed by atoms with E-state index in [0.717, 1.165) is 19.5 Å². The number of aryl methyl sites for hydroxylation is 1. The van der Waals surface area contributed by atoms with E-state index in [1.807, 2.05) is 0 Å². The van der Waals surface area contributed by atoms with E-state index in [-0.39, 0.29) is 0 Å². The van der Waals surface area contributed by atoms with E-state index < -0.39 is 0 Å². The van der Waals surface area contributed by atoms with Crippen LogP contribution in [0.25, 0.3) is 0 Å². The van der Waals surface area contributed by atoms with Crippen molar-refractivity contribution in [3.63, 3.8) is 0 Å². The number of rotatable bonds is 5. The first kappa shape index (κ1) is 11.7. The Morgan fingerprint density at radius 3 is 2.73 bits per heavy atom. The second kappa shape index (κ2) is 6.21. The average molecular weight is 202 g/mol. The van der Waals surface area contributed by atoms with Gasteiger partial charge >= 0.3 is 0 Å². The zero-order valence-corrected chi connectivity index (χ0v) is 9.53. The molecule has 1 rings (SSSR count). The monoisotopic (exact) mass is 202 g/mol. The third-order valence-corrected chi connectivity index (χ3v) is 2.53. The van der Waals surface area contributed by atoms with Gasteiger partial charge in [-0.2, -0.15) is 5.26 Å². The smallest absolute Gasteiger partial charge is 0.0622 e. The maximum Gasteiger partial charge on any atom is 0.0622 e. The van der Waals surface area contributed by atoms with Crippen LogP contribution in [0.3, 0.4) is 0 Å². The molecule has 0 aliphatic carbocycles. The van der Waals surface area contributed by atoms with E-state index in [0.29, 0.717) is 6.42 Å². The highest BCUT2D eigenvalue weighted by Gasteiger charge is 2.01. The van der Waals surface area contributed by atoms with Crippen LogP contribution in [0.2, 0.25) is 0 Å². The third kappa shape index (κ3) is 4.14. The van der Waals surface area contributed by atoms with Crippen molar-refractivity contribution < 1.29 is 0 Å². The first-order valence-electron chi connectivity index (χ1n) is 5.34. The summed E-state index contributed by atoms with van der Waals surface area (Å²) in [5.74, 6) is 0. The summed E-state index contributed by atoms with van der Waals surface area (Å²) in [5, 5.41) is 8.44. The summed E-state index contributed by atoms with van der Waals surface area (Å²) in [6, 6.07) is 10.6. The molecule has 2 nitrogen and oxygen atoms in total. The molecule has 15 heavy (non-hydrogen) atoms. The SMILES string of the molecule is Cc1ccccc1CN(C)CCCC#N. The standard InChI is InChI=1S/C13H18N2/c1-12-7-3-4-8-13(12)11-15(2)10-6-5-9-14/h3-4,7-8H,5-6,10-11H2,1-2H3. The first-order valence-corrected chi connectivity index (χ1v) is 5.34. The Hall–Kier alpha value is -1.33. The summed E-state index contributed by atoms with van der Waals surface area (Å²) >= 11 is 0. The quantitative estimate of drug-likeness (QED) is 0.686. The lowest BCUT2D eigenvalue weighted by molar-refractivity contribution is 0.323. The molecule has 0 atom stereocenters. The van der Waals surface area contributed by atoms with Gasteiger partial charge in [0.1, 0.15) is 0 Å². The molecule has 0 N–H and O–H groups in total. The van der Waals surface area contributed by atoms with Gasteiger partial charge < -0.3 is 4.90 Å². The van der Waals surface area contributed by atoms with Gasteiger partial charge in [-0.25, -0.2) is 0 Å². The molecule has 0 heterocycles. The summed E-state index contributed by atoms with van der Waals surface area (Å²) in [7, 11) is 2.10. The van der Waals surface area contributed by atoms with Crippen molar-refractivity contribution >= 4 is 0 Å². The molecule has 1 aromatic carbocycles. The average Bonchev–Trinajstić information content (AvgIpc) is 2.22. The number of nitriles is 1. The molecule has 0 aliphatic rings. The van der Waals surface area contributed by atoms with E-state index in [9.17, 15) is 0 Å². The van der Waals surface area contributed by atoms with Gasteiger partial charge in [0.05, 0.1) is 6.07 Å².